The maximum atomic E-state index is 6.19. The second-order valence-corrected chi connectivity index (χ2v) is 9.35. The van der Waals surface area contributed by atoms with Crippen LogP contribution in [0.4, 0.5) is 11.4 Å². The number of likely N-dealkylation sites (N-methyl/N-ethyl adjacent to an activating group) is 1. The number of benzene rings is 2. The molecule has 2 heterocycles. The fourth-order valence-corrected chi connectivity index (χ4v) is 6.11. The van der Waals surface area contributed by atoms with Crippen LogP contribution < -0.4 is 9.80 Å². The molecule has 2 aromatic carbocycles. The van der Waals surface area contributed by atoms with Crippen molar-refractivity contribution < 1.29 is 0 Å². The van der Waals surface area contributed by atoms with E-state index >= 15 is 0 Å². The molecule has 0 aliphatic carbocycles. The van der Waals surface area contributed by atoms with Crippen molar-refractivity contribution in [3.63, 3.8) is 0 Å². The van der Waals surface area contributed by atoms with Crippen LogP contribution in [-0.4, -0.2) is 18.5 Å². The van der Waals surface area contributed by atoms with Gasteiger partial charge in [0.2, 0.25) is 0 Å². The molecule has 27 heavy (non-hydrogen) atoms. The molecule has 0 saturated carbocycles. The predicted molar refractivity (Wildman–Crippen MR) is 122 cm³/mol. The molecule has 0 saturated heterocycles. The van der Waals surface area contributed by atoms with Gasteiger partial charge in [-0.3, -0.25) is 0 Å². The van der Waals surface area contributed by atoms with Gasteiger partial charge in [-0.15, -0.1) is 0 Å². The Labute approximate surface area is 179 Å². The maximum absolute atomic E-state index is 6.19. The SMILES string of the molecule is CCN1C(=CC=CC2Sc3ccc(Cl)cc3N2CC)Sc2ccc(Cl)cc21. The molecule has 1 unspecified atom stereocenters. The summed E-state index contributed by atoms with van der Waals surface area (Å²) in [6, 6.07) is 12.2. The first-order valence-corrected chi connectivity index (χ1v) is 11.4. The van der Waals surface area contributed by atoms with Gasteiger partial charge in [0.1, 0.15) is 0 Å². The smallest absolute Gasteiger partial charge is 0.0985 e. The number of hydrogen-bond acceptors (Lipinski definition) is 4. The van der Waals surface area contributed by atoms with E-state index < -0.39 is 0 Å². The van der Waals surface area contributed by atoms with Crippen molar-refractivity contribution in [2.75, 3.05) is 22.9 Å². The van der Waals surface area contributed by atoms with Crippen molar-refractivity contribution in [3.8, 4) is 0 Å². The third-order valence-electron chi connectivity index (χ3n) is 4.65. The summed E-state index contributed by atoms with van der Waals surface area (Å²) in [5, 5.41) is 3.09. The minimum absolute atomic E-state index is 0.290. The summed E-state index contributed by atoms with van der Waals surface area (Å²) in [7, 11) is 0. The lowest BCUT2D eigenvalue weighted by atomic mass is 10.2. The third kappa shape index (κ3) is 3.73. The second kappa shape index (κ2) is 8.04. The highest BCUT2D eigenvalue weighted by Gasteiger charge is 2.27. The van der Waals surface area contributed by atoms with E-state index in [9.17, 15) is 0 Å². The molecule has 1 atom stereocenters. The van der Waals surface area contributed by atoms with Crippen LogP contribution in [-0.2, 0) is 0 Å². The van der Waals surface area contributed by atoms with E-state index in [2.05, 4.69) is 60.1 Å². The normalized spacial score (nSPS) is 20.0. The summed E-state index contributed by atoms with van der Waals surface area (Å²) in [6.45, 7) is 6.22. The Morgan fingerprint density at radius 1 is 0.963 bits per heavy atom. The molecule has 2 aliphatic rings. The van der Waals surface area contributed by atoms with Crippen LogP contribution in [0.5, 0.6) is 0 Å². The molecule has 0 aromatic heterocycles. The van der Waals surface area contributed by atoms with Crippen molar-refractivity contribution in [3.05, 3.63) is 69.7 Å². The van der Waals surface area contributed by atoms with E-state index in [1.165, 1.54) is 26.2 Å². The highest BCUT2D eigenvalue weighted by molar-refractivity contribution is 8.03. The average molecular weight is 435 g/mol. The Kier molecular flexibility index (Phi) is 5.70. The van der Waals surface area contributed by atoms with Crippen LogP contribution in [0, 0.1) is 0 Å². The van der Waals surface area contributed by atoms with E-state index in [4.69, 9.17) is 23.2 Å². The minimum atomic E-state index is 0.290. The van der Waals surface area contributed by atoms with Gasteiger partial charge in [0.25, 0.3) is 0 Å². The summed E-state index contributed by atoms with van der Waals surface area (Å²) in [5.74, 6) is 0. The maximum Gasteiger partial charge on any atom is 0.0985 e. The summed E-state index contributed by atoms with van der Waals surface area (Å²) in [4.78, 5) is 7.24. The summed E-state index contributed by atoms with van der Waals surface area (Å²) >= 11 is 16.0. The zero-order valence-corrected chi connectivity index (χ0v) is 18.3. The van der Waals surface area contributed by atoms with Gasteiger partial charge in [-0.05, 0) is 56.3 Å². The molecule has 6 heteroatoms. The first-order valence-electron chi connectivity index (χ1n) is 8.97. The highest BCUT2D eigenvalue weighted by Crippen LogP contribution is 2.47. The van der Waals surface area contributed by atoms with E-state index in [0.717, 1.165) is 23.1 Å². The first kappa shape index (κ1) is 19.1. The lowest BCUT2D eigenvalue weighted by molar-refractivity contribution is 0.878. The zero-order chi connectivity index (χ0) is 19.0. The van der Waals surface area contributed by atoms with Gasteiger partial charge in [0.15, 0.2) is 0 Å². The Morgan fingerprint density at radius 3 is 2.37 bits per heavy atom. The van der Waals surface area contributed by atoms with E-state index in [-0.39, 0.29) is 0 Å². The molecule has 4 rings (SSSR count). The van der Waals surface area contributed by atoms with E-state index in [1.54, 1.807) is 11.8 Å². The summed E-state index contributed by atoms with van der Waals surface area (Å²) in [5.41, 5.74) is 2.42. The lowest BCUT2D eigenvalue weighted by Crippen LogP contribution is -2.27. The molecule has 140 valence electrons. The van der Waals surface area contributed by atoms with E-state index in [1.807, 2.05) is 30.0 Å². The van der Waals surface area contributed by atoms with Crippen LogP contribution in [0.2, 0.25) is 10.0 Å². The molecule has 0 fully saturated rings. The largest absolute Gasteiger partial charge is 0.355 e. The van der Waals surface area contributed by atoms with Crippen LogP contribution in [0.3, 0.4) is 0 Å². The van der Waals surface area contributed by atoms with E-state index in [0.29, 0.717) is 5.37 Å². The van der Waals surface area contributed by atoms with Crippen LogP contribution in [0.25, 0.3) is 0 Å². The second-order valence-electron chi connectivity index (χ2n) is 6.25. The Hall–Kier alpha value is -1.20. The molecule has 0 spiro atoms. The quantitative estimate of drug-likeness (QED) is 0.498. The molecule has 2 aliphatic heterocycles. The molecular weight excluding hydrogens is 415 g/mol. The van der Waals surface area contributed by atoms with Gasteiger partial charge in [-0.2, -0.15) is 0 Å². The topological polar surface area (TPSA) is 6.48 Å². The number of fused-ring (bicyclic) bond motifs is 2. The van der Waals surface area contributed by atoms with Crippen molar-refractivity contribution >= 4 is 58.1 Å². The minimum Gasteiger partial charge on any atom is -0.355 e. The van der Waals surface area contributed by atoms with Gasteiger partial charge in [0, 0.05) is 32.9 Å². The number of thioether (sulfide) groups is 2. The van der Waals surface area contributed by atoms with Gasteiger partial charge >= 0.3 is 0 Å². The van der Waals surface area contributed by atoms with Crippen LogP contribution in [0.15, 0.2) is 69.4 Å². The number of nitrogens with zero attached hydrogens (tertiary/aromatic N) is 2. The van der Waals surface area contributed by atoms with Gasteiger partial charge in [-0.25, -0.2) is 0 Å². The molecule has 0 amide bonds. The summed E-state index contributed by atoms with van der Waals surface area (Å²) < 4.78 is 0. The molecule has 2 aromatic rings. The molecule has 0 N–H and O–H groups in total. The van der Waals surface area contributed by atoms with Crippen molar-refractivity contribution in [1.29, 1.82) is 0 Å². The van der Waals surface area contributed by atoms with Crippen molar-refractivity contribution in [2.45, 2.75) is 29.0 Å². The van der Waals surface area contributed by atoms with Gasteiger partial charge < -0.3 is 9.80 Å². The number of rotatable bonds is 4. The predicted octanol–water partition coefficient (Wildman–Crippen LogP) is 7.28. The fraction of sp³-hybridized carbons (Fsp3) is 0.238. The van der Waals surface area contributed by atoms with Crippen molar-refractivity contribution in [1.82, 2.24) is 0 Å². The molecule has 0 bridgehead atoms. The molecule has 0 radical (unpaired) electrons. The lowest BCUT2D eigenvalue weighted by Gasteiger charge is -2.22. The standard InChI is InChI=1S/C21H20Cl2N2S2/c1-3-24-16-12-14(22)8-10-18(16)26-20(24)6-5-7-21-25(4-2)17-13-15(23)9-11-19(17)27-21/h5-13,20H,3-4H2,1-2H3. The van der Waals surface area contributed by atoms with Crippen LogP contribution >= 0.6 is 46.7 Å². The monoisotopic (exact) mass is 434 g/mol. The fourth-order valence-electron chi connectivity index (χ4n) is 3.40. The first-order chi connectivity index (χ1) is 13.1. The number of hydrogen-bond donors (Lipinski definition) is 0. The van der Waals surface area contributed by atoms with Crippen molar-refractivity contribution in [2.24, 2.45) is 0 Å². The summed E-state index contributed by atoms with van der Waals surface area (Å²) in [6.07, 6.45) is 6.64. The Bertz CT molecular complexity index is 926. The molecule has 2 nitrogen and oxygen atoms in total. The Balaban J connectivity index is 1.54. The van der Waals surface area contributed by atoms with Gasteiger partial charge in [-0.1, -0.05) is 58.9 Å². The van der Waals surface area contributed by atoms with Gasteiger partial charge in [0.05, 0.1) is 21.8 Å². The number of halogens is 2. The number of allylic oxidation sites excluding steroid dienone is 2. The molecular formula is C21H20Cl2N2S2. The third-order valence-corrected chi connectivity index (χ3v) is 7.50. The Morgan fingerprint density at radius 2 is 1.67 bits per heavy atom. The van der Waals surface area contributed by atoms with Crippen LogP contribution in [0.1, 0.15) is 13.8 Å². The average Bonchev–Trinajstić information content (AvgIpc) is 3.18. The zero-order valence-electron chi connectivity index (χ0n) is 15.2. The highest BCUT2D eigenvalue weighted by atomic mass is 35.5. The number of anilines is 2.